The average Bonchev–Trinajstić information content (AvgIpc) is 3.19. The molecule has 106 valence electrons. The Bertz CT molecular complexity index is 424. The van der Waals surface area contributed by atoms with Gasteiger partial charge in [-0.3, -0.25) is 4.79 Å². The fourth-order valence-corrected chi connectivity index (χ4v) is 2.58. The molecule has 3 nitrogen and oxygen atoms in total. The van der Waals surface area contributed by atoms with Crippen LogP contribution < -0.4 is 11.1 Å². The number of carbonyl (C=O) groups is 1. The summed E-state index contributed by atoms with van der Waals surface area (Å²) in [6.45, 7) is 0.547. The lowest BCUT2D eigenvalue weighted by molar-refractivity contribution is -0.121. The molecule has 1 aliphatic rings. The van der Waals surface area contributed by atoms with Gasteiger partial charge in [0, 0.05) is 23.5 Å². The molecule has 1 aromatic carbocycles. The molecule has 1 atom stereocenters. The fourth-order valence-electron chi connectivity index (χ4n) is 2.10. The zero-order valence-corrected chi connectivity index (χ0v) is 13.2. The number of nitrogens with two attached hydrogens (primary N) is 1. The quantitative estimate of drug-likeness (QED) is 0.831. The highest BCUT2D eigenvalue weighted by molar-refractivity contribution is 9.10. The minimum atomic E-state index is 0. The number of hydrogen-bond donors (Lipinski definition) is 2. The summed E-state index contributed by atoms with van der Waals surface area (Å²) in [5.41, 5.74) is 6.84. The predicted molar refractivity (Wildman–Crippen MR) is 83.4 cm³/mol. The van der Waals surface area contributed by atoms with Gasteiger partial charge >= 0.3 is 0 Å². The highest BCUT2D eigenvalue weighted by Gasteiger charge is 2.30. The van der Waals surface area contributed by atoms with E-state index in [1.165, 1.54) is 18.4 Å². The SMILES string of the molecule is Cl.NCC(NC(=O)CCc1ccccc1Br)C1CC1. The monoisotopic (exact) mass is 346 g/mol. The molecule has 1 amide bonds. The number of rotatable bonds is 6. The summed E-state index contributed by atoms with van der Waals surface area (Å²) < 4.78 is 1.07. The van der Waals surface area contributed by atoms with Crippen LogP contribution in [0.3, 0.4) is 0 Å². The van der Waals surface area contributed by atoms with Crippen LogP contribution in [0.4, 0.5) is 0 Å². The number of aryl methyl sites for hydroxylation is 1. The number of amides is 1. The van der Waals surface area contributed by atoms with Gasteiger partial charge in [0.05, 0.1) is 0 Å². The van der Waals surface area contributed by atoms with E-state index in [9.17, 15) is 4.79 Å². The Morgan fingerprint density at radius 3 is 2.68 bits per heavy atom. The van der Waals surface area contributed by atoms with Gasteiger partial charge in [-0.1, -0.05) is 34.1 Å². The van der Waals surface area contributed by atoms with Crippen molar-refractivity contribution in [2.45, 2.75) is 31.7 Å². The third-order valence-corrected chi connectivity index (χ3v) is 4.14. The maximum atomic E-state index is 11.8. The topological polar surface area (TPSA) is 55.1 Å². The third-order valence-electron chi connectivity index (χ3n) is 3.37. The lowest BCUT2D eigenvalue weighted by Gasteiger charge is -2.16. The van der Waals surface area contributed by atoms with Crippen LogP contribution in [0, 0.1) is 5.92 Å². The van der Waals surface area contributed by atoms with Crippen molar-refractivity contribution in [3.8, 4) is 0 Å². The smallest absolute Gasteiger partial charge is 0.220 e. The van der Waals surface area contributed by atoms with E-state index in [2.05, 4.69) is 21.2 Å². The fraction of sp³-hybridized carbons (Fsp3) is 0.500. The maximum absolute atomic E-state index is 11.8. The molecule has 5 heteroatoms. The van der Waals surface area contributed by atoms with E-state index in [0.29, 0.717) is 18.9 Å². The largest absolute Gasteiger partial charge is 0.352 e. The van der Waals surface area contributed by atoms with Crippen molar-refractivity contribution in [1.29, 1.82) is 0 Å². The predicted octanol–water partition coefficient (Wildman–Crippen LogP) is 2.66. The molecule has 2 rings (SSSR count). The molecule has 0 aromatic heterocycles. The molecule has 19 heavy (non-hydrogen) atoms. The van der Waals surface area contributed by atoms with Crippen molar-refractivity contribution >= 4 is 34.2 Å². The molecule has 1 saturated carbocycles. The zero-order chi connectivity index (χ0) is 13.0. The second-order valence-electron chi connectivity index (χ2n) is 4.84. The van der Waals surface area contributed by atoms with Crippen molar-refractivity contribution in [3.05, 3.63) is 34.3 Å². The van der Waals surface area contributed by atoms with Crippen molar-refractivity contribution in [2.75, 3.05) is 6.54 Å². The normalized spacial score (nSPS) is 15.5. The first-order valence-corrected chi connectivity index (χ1v) is 7.23. The molecule has 1 fully saturated rings. The van der Waals surface area contributed by atoms with Crippen LogP contribution in [0.2, 0.25) is 0 Å². The number of carbonyl (C=O) groups excluding carboxylic acids is 1. The van der Waals surface area contributed by atoms with E-state index in [1.54, 1.807) is 0 Å². The molecule has 0 spiro atoms. The van der Waals surface area contributed by atoms with Gasteiger partial charge in [-0.05, 0) is 36.8 Å². The first-order chi connectivity index (χ1) is 8.70. The number of benzene rings is 1. The van der Waals surface area contributed by atoms with Gasteiger partial charge in [-0.25, -0.2) is 0 Å². The summed E-state index contributed by atoms with van der Waals surface area (Å²) in [7, 11) is 0. The molecule has 0 saturated heterocycles. The van der Waals surface area contributed by atoms with E-state index in [0.717, 1.165) is 10.9 Å². The standard InChI is InChI=1S/C14H19BrN2O.ClH/c15-12-4-2-1-3-10(12)7-8-14(18)17-13(9-16)11-5-6-11;/h1-4,11,13H,5-9,16H2,(H,17,18);1H. The summed E-state index contributed by atoms with van der Waals surface area (Å²) in [5, 5.41) is 3.04. The van der Waals surface area contributed by atoms with Crippen molar-refractivity contribution in [3.63, 3.8) is 0 Å². The number of halogens is 2. The Labute approximate surface area is 128 Å². The molecule has 0 heterocycles. The Morgan fingerprint density at radius 1 is 1.42 bits per heavy atom. The summed E-state index contributed by atoms with van der Waals surface area (Å²) in [4.78, 5) is 11.8. The zero-order valence-electron chi connectivity index (χ0n) is 10.8. The Morgan fingerprint density at radius 2 is 2.11 bits per heavy atom. The van der Waals surface area contributed by atoms with Crippen LogP contribution in [0.15, 0.2) is 28.7 Å². The first kappa shape index (κ1) is 16.5. The van der Waals surface area contributed by atoms with E-state index >= 15 is 0 Å². The van der Waals surface area contributed by atoms with Gasteiger partial charge in [-0.15, -0.1) is 12.4 Å². The molecular formula is C14H20BrClN2O. The third kappa shape index (κ3) is 5.13. The number of hydrogen-bond acceptors (Lipinski definition) is 2. The van der Waals surface area contributed by atoms with Crippen LogP contribution in [0.25, 0.3) is 0 Å². The van der Waals surface area contributed by atoms with Gasteiger partial charge in [-0.2, -0.15) is 0 Å². The summed E-state index contributed by atoms with van der Waals surface area (Å²) in [5.74, 6) is 0.718. The van der Waals surface area contributed by atoms with Gasteiger partial charge in [0.15, 0.2) is 0 Å². The van der Waals surface area contributed by atoms with E-state index in [1.807, 2.05) is 24.3 Å². The van der Waals surface area contributed by atoms with Gasteiger partial charge in [0.2, 0.25) is 5.91 Å². The van der Waals surface area contributed by atoms with Crippen LogP contribution in [-0.2, 0) is 11.2 Å². The molecule has 3 N–H and O–H groups in total. The van der Waals surface area contributed by atoms with E-state index < -0.39 is 0 Å². The van der Waals surface area contributed by atoms with Crippen LogP contribution in [0.5, 0.6) is 0 Å². The maximum Gasteiger partial charge on any atom is 0.220 e. The van der Waals surface area contributed by atoms with Crippen LogP contribution in [0.1, 0.15) is 24.8 Å². The molecule has 0 bridgehead atoms. The molecule has 0 radical (unpaired) electrons. The Kier molecular flexibility index (Phi) is 6.83. The van der Waals surface area contributed by atoms with Gasteiger partial charge < -0.3 is 11.1 Å². The molecule has 1 unspecified atom stereocenters. The highest BCUT2D eigenvalue weighted by atomic mass is 79.9. The highest BCUT2D eigenvalue weighted by Crippen LogP contribution is 2.32. The molecular weight excluding hydrogens is 328 g/mol. The van der Waals surface area contributed by atoms with Crippen molar-refractivity contribution in [2.24, 2.45) is 11.7 Å². The molecule has 1 aliphatic carbocycles. The Hall–Kier alpha value is -0.580. The van der Waals surface area contributed by atoms with Crippen LogP contribution in [-0.4, -0.2) is 18.5 Å². The second kappa shape index (κ2) is 7.88. The lowest BCUT2D eigenvalue weighted by atomic mass is 10.1. The van der Waals surface area contributed by atoms with Gasteiger partial charge in [0.1, 0.15) is 0 Å². The second-order valence-corrected chi connectivity index (χ2v) is 5.69. The Balaban J connectivity index is 0.00000180. The number of nitrogens with one attached hydrogen (secondary N) is 1. The van der Waals surface area contributed by atoms with Crippen LogP contribution >= 0.6 is 28.3 Å². The first-order valence-electron chi connectivity index (χ1n) is 6.43. The molecule has 1 aromatic rings. The minimum absolute atomic E-state index is 0. The average molecular weight is 348 g/mol. The summed E-state index contributed by atoms with van der Waals surface area (Å²) in [6, 6.07) is 8.19. The van der Waals surface area contributed by atoms with Gasteiger partial charge in [0.25, 0.3) is 0 Å². The van der Waals surface area contributed by atoms with E-state index in [4.69, 9.17) is 5.73 Å². The lowest BCUT2D eigenvalue weighted by Crippen LogP contribution is -2.41. The van der Waals surface area contributed by atoms with E-state index in [-0.39, 0.29) is 24.4 Å². The van der Waals surface area contributed by atoms with Crippen molar-refractivity contribution < 1.29 is 4.79 Å². The summed E-state index contributed by atoms with van der Waals surface area (Å²) in [6.07, 6.45) is 3.68. The molecule has 0 aliphatic heterocycles. The minimum Gasteiger partial charge on any atom is -0.352 e. The van der Waals surface area contributed by atoms with Crippen molar-refractivity contribution in [1.82, 2.24) is 5.32 Å². The summed E-state index contributed by atoms with van der Waals surface area (Å²) >= 11 is 3.49.